The van der Waals surface area contributed by atoms with Gasteiger partial charge in [-0.1, -0.05) is 26.7 Å². The Labute approximate surface area is 117 Å². The fourth-order valence-electron chi connectivity index (χ4n) is 3.01. The first-order chi connectivity index (χ1) is 9.38. The van der Waals surface area contributed by atoms with Crippen LogP contribution in [0.2, 0.25) is 0 Å². The number of anilines is 1. The van der Waals surface area contributed by atoms with Gasteiger partial charge < -0.3 is 5.32 Å². The summed E-state index contributed by atoms with van der Waals surface area (Å²) in [4.78, 5) is 4.03. The lowest BCUT2D eigenvalue weighted by Gasteiger charge is -2.35. The summed E-state index contributed by atoms with van der Waals surface area (Å²) in [7, 11) is 0. The molecule has 0 radical (unpaired) electrons. The van der Waals surface area contributed by atoms with Crippen molar-refractivity contribution in [2.45, 2.75) is 51.7 Å². The maximum absolute atomic E-state index is 12.7. The minimum absolute atomic E-state index is 0.222. The number of nitrogens with one attached hydrogen (secondary N) is 1. The number of pyridine rings is 1. The summed E-state index contributed by atoms with van der Waals surface area (Å²) in [6.07, 6.45) is 1.37. The van der Waals surface area contributed by atoms with Crippen molar-refractivity contribution in [1.82, 2.24) is 4.98 Å². The van der Waals surface area contributed by atoms with E-state index in [-0.39, 0.29) is 6.04 Å². The van der Waals surface area contributed by atoms with Crippen molar-refractivity contribution in [2.24, 2.45) is 11.8 Å². The van der Waals surface area contributed by atoms with Gasteiger partial charge in [0.2, 0.25) is 0 Å². The molecule has 1 aliphatic carbocycles. The van der Waals surface area contributed by atoms with Crippen molar-refractivity contribution in [3.8, 4) is 0 Å². The summed E-state index contributed by atoms with van der Waals surface area (Å²) in [5.41, 5.74) is -0.646. The quantitative estimate of drug-likeness (QED) is 0.869. The number of rotatable bonds is 3. The Bertz CT molecular complexity index is 443. The molecule has 1 fully saturated rings. The molecule has 1 saturated carbocycles. The molecule has 20 heavy (non-hydrogen) atoms. The summed E-state index contributed by atoms with van der Waals surface area (Å²) in [6, 6.07) is 2.33. The van der Waals surface area contributed by atoms with Crippen molar-refractivity contribution in [3.63, 3.8) is 0 Å². The van der Waals surface area contributed by atoms with Crippen LogP contribution in [0, 0.1) is 11.8 Å². The standard InChI is InChI=1S/C15H21F3N2/c1-10(2)12-5-3-4-6-13(12)20-14-9-11(7-8-19-14)15(16,17)18/h7-10,12-13H,3-6H2,1-2H3,(H,19,20). The predicted molar refractivity (Wildman–Crippen MR) is 73.4 cm³/mol. The number of nitrogens with zero attached hydrogens (tertiary/aromatic N) is 1. The molecule has 2 nitrogen and oxygen atoms in total. The first-order valence-corrected chi connectivity index (χ1v) is 7.17. The topological polar surface area (TPSA) is 24.9 Å². The Morgan fingerprint density at radius 1 is 1.25 bits per heavy atom. The van der Waals surface area contributed by atoms with Gasteiger partial charge in [0.05, 0.1) is 5.56 Å². The van der Waals surface area contributed by atoms with E-state index >= 15 is 0 Å². The number of hydrogen-bond donors (Lipinski definition) is 1. The van der Waals surface area contributed by atoms with E-state index in [1.165, 1.54) is 12.6 Å². The molecular formula is C15H21F3N2. The van der Waals surface area contributed by atoms with Crippen molar-refractivity contribution in [1.29, 1.82) is 0 Å². The van der Waals surface area contributed by atoms with Gasteiger partial charge in [0.15, 0.2) is 0 Å². The molecule has 1 aliphatic rings. The highest BCUT2D eigenvalue weighted by Gasteiger charge is 2.32. The molecule has 5 heteroatoms. The molecule has 1 aromatic heterocycles. The molecule has 1 aromatic rings. The molecule has 2 atom stereocenters. The van der Waals surface area contributed by atoms with E-state index in [0.29, 0.717) is 17.7 Å². The molecule has 0 aliphatic heterocycles. The van der Waals surface area contributed by atoms with Crippen LogP contribution in [0.3, 0.4) is 0 Å². The summed E-state index contributed by atoms with van der Waals surface area (Å²) < 4.78 is 38.1. The molecule has 0 aromatic carbocycles. The number of halogens is 3. The molecule has 1 N–H and O–H groups in total. The van der Waals surface area contributed by atoms with E-state index in [0.717, 1.165) is 31.4 Å². The zero-order valence-corrected chi connectivity index (χ0v) is 11.9. The van der Waals surface area contributed by atoms with Crippen LogP contribution in [0.5, 0.6) is 0 Å². The minimum atomic E-state index is -4.32. The van der Waals surface area contributed by atoms with Crippen molar-refractivity contribution in [2.75, 3.05) is 5.32 Å². The highest BCUT2D eigenvalue weighted by atomic mass is 19.4. The lowest BCUT2D eigenvalue weighted by Crippen LogP contribution is -2.35. The molecular weight excluding hydrogens is 265 g/mol. The van der Waals surface area contributed by atoms with Gasteiger partial charge in [-0.25, -0.2) is 4.98 Å². The van der Waals surface area contributed by atoms with E-state index in [2.05, 4.69) is 24.1 Å². The Kier molecular flexibility index (Phi) is 4.55. The van der Waals surface area contributed by atoms with E-state index in [1.807, 2.05) is 0 Å². The molecule has 1 heterocycles. The zero-order chi connectivity index (χ0) is 14.8. The summed E-state index contributed by atoms with van der Waals surface area (Å²) >= 11 is 0. The SMILES string of the molecule is CC(C)C1CCCCC1Nc1cc(C(F)(F)F)ccn1. The second-order valence-electron chi connectivity index (χ2n) is 5.87. The van der Waals surface area contributed by atoms with E-state index in [9.17, 15) is 13.2 Å². The third-order valence-electron chi connectivity index (χ3n) is 4.10. The number of alkyl halides is 3. The largest absolute Gasteiger partial charge is 0.416 e. The van der Waals surface area contributed by atoms with Crippen LogP contribution in [0.1, 0.15) is 45.1 Å². The van der Waals surface area contributed by atoms with Crippen LogP contribution in [-0.4, -0.2) is 11.0 Å². The van der Waals surface area contributed by atoms with Gasteiger partial charge in [0.1, 0.15) is 5.82 Å². The van der Waals surface area contributed by atoms with E-state index < -0.39 is 11.7 Å². The van der Waals surface area contributed by atoms with Gasteiger partial charge in [-0.2, -0.15) is 13.2 Å². The highest BCUT2D eigenvalue weighted by molar-refractivity contribution is 5.39. The lowest BCUT2D eigenvalue weighted by atomic mass is 9.78. The molecule has 2 rings (SSSR count). The molecule has 0 saturated heterocycles. The number of hydrogen-bond acceptors (Lipinski definition) is 2. The molecule has 112 valence electrons. The van der Waals surface area contributed by atoms with Gasteiger partial charge in [-0.3, -0.25) is 0 Å². The Morgan fingerprint density at radius 3 is 2.60 bits per heavy atom. The predicted octanol–water partition coefficient (Wildman–Crippen LogP) is 4.73. The van der Waals surface area contributed by atoms with Crippen molar-refractivity contribution >= 4 is 5.82 Å². The van der Waals surface area contributed by atoms with Crippen LogP contribution >= 0.6 is 0 Å². The van der Waals surface area contributed by atoms with Gasteiger partial charge >= 0.3 is 6.18 Å². The molecule has 0 amide bonds. The highest BCUT2D eigenvalue weighted by Crippen LogP contribution is 2.33. The van der Waals surface area contributed by atoms with Crippen molar-refractivity contribution < 1.29 is 13.2 Å². The van der Waals surface area contributed by atoms with E-state index in [1.54, 1.807) is 0 Å². The first kappa shape index (κ1) is 15.1. The van der Waals surface area contributed by atoms with Gasteiger partial charge in [-0.05, 0) is 36.8 Å². The minimum Gasteiger partial charge on any atom is -0.367 e. The number of aromatic nitrogens is 1. The second kappa shape index (κ2) is 6.02. The summed E-state index contributed by atoms with van der Waals surface area (Å²) in [6.45, 7) is 4.34. The first-order valence-electron chi connectivity index (χ1n) is 7.17. The summed E-state index contributed by atoms with van der Waals surface area (Å²) in [5.74, 6) is 1.36. The second-order valence-corrected chi connectivity index (χ2v) is 5.87. The maximum Gasteiger partial charge on any atom is 0.416 e. The fourth-order valence-corrected chi connectivity index (χ4v) is 3.01. The van der Waals surface area contributed by atoms with Gasteiger partial charge in [0, 0.05) is 12.2 Å². The van der Waals surface area contributed by atoms with Crippen LogP contribution in [0.15, 0.2) is 18.3 Å². The third-order valence-corrected chi connectivity index (χ3v) is 4.10. The molecule has 2 unspecified atom stereocenters. The van der Waals surface area contributed by atoms with Crippen LogP contribution in [0.4, 0.5) is 19.0 Å². The monoisotopic (exact) mass is 286 g/mol. The Morgan fingerprint density at radius 2 is 1.95 bits per heavy atom. The van der Waals surface area contributed by atoms with Gasteiger partial charge in [0.25, 0.3) is 0 Å². The molecule has 0 spiro atoms. The average Bonchev–Trinajstić information content (AvgIpc) is 2.38. The van der Waals surface area contributed by atoms with Gasteiger partial charge in [-0.15, -0.1) is 0 Å². The van der Waals surface area contributed by atoms with Crippen LogP contribution in [0.25, 0.3) is 0 Å². The van der Waals surface area contributed by atoms with Crippen LogP contribution < -0.4 is 5.32 Å². The zero-order valence-electron chi connectivity index (χ0n) is 11.9. The summed E-state index contributed by atoms with van der Waals surface area (Å²) in [5, 5.41) is 3.21. The Hall–Kier alpha value is -1.26. The molecule has 0 bridgehead atoms. The lowest BCUT2D eigenvalue weighted by molar-refractivity contribution is -0.137. The fraction of sp³-hybridized carbons (Fsp3) is 0.667. The maximum atomic E-state index is 12.7. The van der Waals surface area contributed by atoms with Crippen LogP contribution in [-0.2, 0) is 6.18 Å². The average molecular weight is 286 g/mol. The third kappa shape index (κ3) is 3.64. The van der Waals surface area contributed by atoms with Crippen molar-refractivity contribution in [3.05, 3.63) is 23.9 Å². The smallest absolute Gasteiger partial charge is 0.367 e. The van der Waals surface area contributed by atoms with E-state index in [4.69, 9.17) is 0 Å². The Balaban J connectivity index is 2.12. The normalized spacial score (nSPS) is 23.9.